The van der Waals surface area contributed by atoms with Gasteiger partial charge in [-0.3, -0.25) is 4.79 Å². The number of piperidine rings is 1. The molecule has 1 aliphatic rings. The molecule has 0 aliphatic carbocycles. The highest BCUT2D eigenvalue weighted by Gasteiger charge is 2.33. The van der Waals surface area contributed by atoms with Crippen LogP contribution >= 0.6 is 0 Å². The molecule has 1 saturated heterocycles. The summed E-state index contributed by atoms with van der Waals surface area (Å²) in [7, 11) is 1.30. The van der Waals surface area contributed by atoms with Gasteiger partial charge < -0.3 is 14.4 Å². The molecule has 1 aliphatic heterocycles. The van der Waals surface area contributed by atoms with Crippen molar-refractivity contribution in [2.24, 2.45) is 5.92 Å². The molecule has 0 unspecified atom stereocenters. The quantitative estimate of drug-likeness (QED) is 0.511. The Morgan fingerprint density at radius 2 is 1.97 bits per heavy atom. The molecule has 0 saturated carbocycles. The number of amides is 1. The number of hydrogen-bond donors (Lipinski definition) is 0. The van der Waals surface area contributed by atoms with E-state index in [1.165, 1.54) is 42.2 Å². The van der Waals surface area contributed by atoms with Crippen LogP contribution in [0.15, 0.2) is 30.6 Å². The Morgan fingerprint density at radius 3 is 2.67 bits per heavy atom. The molecule has 12 heteroatoms. The largest absolute Gasteiger partial charge is 0.493 e. The molecule has 0 N–H and O–H groups in total. The lowest BCUT2D eigenvalue weighted by Gasteiger charge is -2.37. The summed E-state index contributed by atoms with van der Waals surface area (Å²) in [4.78, 5) is 22.5. The third-order valence-corrected chi connectivity index (χ3v) is 5.77. The van der Waals surface area contributed by atoms with Gasteiger partial charge in [0.25, 0.3) is 18.1 Å². The number of ether oxygens (including phenoxy) is 2. The molecule has 0 radical (unpaired) electrons. The van der Waals surface area contributed by atoms with Crippen LogP contribution in [-0.4, -0.2) is 57.2 Å². The second-order valence-corrected chi connectivity index (χ2v) is 7.75. The molecule has 1 fully saturated rings. The maximum Gasteiger partial charge on any atom is 0.387 e. The van der Waals surface area contributed by atoms with Crippen LogP contribution in [0.1, 0.15) is 47.4 Å². The van der Waals surface area contributed by atoms with Gasteiger partial charge in [-0.1, -0.05) is 6.92 Å². The van der Waals surface area contributed by atoms with Crippen molar-refractivity contribution >= 4 is 11.7 Å². The smallest absolute Gasteiger partial charge is 0.387 e. The van der Waals surface area contributed by atoms with E-state index in [0.717, 1.165) is 0 Å². The molecule has 2 aromatic heterocycles. The van der Waals surface area contributed by atoms with Crippen LogP contribution in [0.5, 0.6) is 11.5 Å². The highest BCUT2D eigenvalue weighted by molar-refractivity contribution is 5.95. The van der Waals surface area contributed by atoms with Crippen LogP contribution in [0.25, 0.3) is 5.78 Å². The molecule has 4 rings (SSSR count). The van der Waals surface area contributed by atoms with E-state index in [1.807, 2.05) is 6.92 Å². The number of fused-ring (bicyclic) bond motifs is 1. The zero-order valence-corrected chi connectivity index (χ0v) is 17.8. The second-order valence-electron chi connectivity index (χ2n) is 7.75. The maximum atomic E-state index is 13.4. The van der Waals surface area contributed by atoms with E-state index in [1.54, 1.807) is 4.90 Å². The van der Waals surface area contributed by atoms with Gasteiger partial charge in [0, 0.05) is 24.6 Å². The van der Waals surface area contributed by atoms with Crippen molar-refractivity contribution in [1.82, 2.24) is 24.5 Å². The predicted octanol–water partition coefficient (Wildman–Crippen LogP) is 3.94. The minimum atomic E-state index is -3.08. The summed E-state index contributed by atoms with van der Waals surface area (Å²) in [5.74, 6) is -0.776. The number of nitrogens with zero attached hydrogens (tertiary/aromatic N) is 5. The van der Waals surface area contributed by atoms with E-state index in [9.17, 15) is 22.4 Å². The average Bonchev–Trinajstić information content (AvgIpc) is 3.27. The topological polar surface area (TPSA) is 81.9 Å². The predicted molar refractivity (Wildman–Crippen MR) is 108 cm³/mol. The van der Waals surface area contributed by atoms with Crippen LogP contribution in [0.4, 0.5) is 17.6 Å². The zero-order chi connectivity index (χ0) is 23.7. The number of rotatable bonds is 6. The molecule has 8 nitrogen and oxygen atoms in total. The summed E-state index contributed by atoms with van der Waals surface area (Å²) >= 11 is 0. The normalized spacial score (nSPS) is 18.8. The summed E-state index contributed by atoms with van der Waals surface area (Å²) in [6.07, 6.45) is -0.941. The van der Waals surface area contributed by atoms with Crippen LogP contribution in [0.2, 0.25) is 0 Å². The molecule has 3 heterocycles. The molecule has 176 valence electrons. The van der Waals surface area contributed by atoms with Crippen molar-refractivity contribution in [3.63, 3.8) is 0 Å². The fourth-order valence-corrected chi connectivity index (χ4v) is 4.05. The van der Waals surface area contributed by atoms with Gasteiger partial charge in [0.05, 0.1) is 12.8 Å². The Bertz CT molecular complexity index is 1160. The summed E-state index contributed by atoms with van der Waals surface area (Å²) in [5.41, 5.74) is 0.216. The van der Waals surface area contributed by atoms with Crippen LogP contribution in [0.3, 0.4) is 0 Å². The van der Waals surface area contributed by atoms with E-state index >= 15 is 0 Å². The molecule has 3 aromatic rings. The second kappa shape index (κ2) is 9.20. The highest BCUT2D eigenvalue weighted by atomic mass is 19.3. The number of carbonyl (C=O) groups is 1. The number of aromatic nitrogens is 4. The van der Waals surface area contributed by atoms with Crippen molar-refractivity contribution in [2.75, 3.05) is 20.2 Å². The van der Waals surface area contributed by atoms with Crippen molar-refractivity contribution in [1.29, 1.82) is 0 Å². The average molecular weight is 467 g/mol. The monoisotopic (exact) mass is 467 g/mol. The fraction of sp³-hybridized carbons (Fsp3) is 0.429. The summed E-state index contributed by atoms with van der Waals surface area (Å²) in [5, 5.41) is 4.11. The number of benzene rings is 1. The van der Waals surface area contributed by atoms with E-state index in [4.69, 9.17) is 4.74 Å². The molecule has 0 spiro atoms. The minimum absolute atomic E-state index is 0.0578. The van der Waals surface area contributed by atoms with Gasteiger partial charge in [-0.2, -0.15) is 18.9 Å². The van der Waals surface area contributed by atoms with E-state index < -0.39 is 24.6 Å². The molecule has 33 heavy (non-hydrogen) atoms. The Balaban J connectivity index is 1.64. The minimum Gasteiger partial charge on any atom is -0.493 e. The fourth-order valence-electron chi connectivity index (χ4n) is 4.05. The lowest BCUT2D eigenvalue weighted by molar-refractivity contribution is -0.0512. The SMILES string of the molecule is COc1ccc(C(=O)N2CC[C@@H](C)[C@H](c3cc(C(F)F)nc4ncnn34)C2)cc1OC(F)F. The van der Waals surface area contributed by atoms with Gasteiger partial charge in [-0.15, -0.1) is 0 Å². The zero-order valence-electron chi connectivity index (χ0n) is 17.8. The maximum absolute atomic E-state index is 13.4. The number of carbonyl (C=O) groups excluding carboxylic acids is 1. The number of methoxy groups -OCH3 is 1. The summed E-state index contributed by atoms with van der Waals surface area (Å²) in [6.45, 7) is -0.468. The van der Waals surface area contributed by atoms with E-state index in [-0.39, 0.29) is 41.2 Å². The summed E-state index contributed by atoms with van der Waals surface area (Å²) < 4.78 is 63.2. The molecular formula is C21H21F4N5O3. The van der Waals surface area contributed by atoms with Gasteiger partial charge in [0.15, 0.2) is 11.5 Å². The Hall–Kier alpha value is -3.44. The van der Waals surface area contributed by atoms with Crippen LogP contribution in [-0.2, 0) is 0 Å². The lowest BCUT2D eigenvalue weighted by atomic mass is 9.84. The van der Waals surface area contributed by atoms with E-state index in [2.05, 4.69) is 19.8 Å². The number of likely N-dealkylation sites (tertiary alicyclic amines) is 1. The van der Waals surface area contributed by atoms with Crippen LogP contribution < -0.4 is 9.47 Å². The molecule has 2 atom stereocenters. The number of hydrogen-bond acceptors (Lipinski definition) is 6. The van der Waals surface area contributed by atoms with Crippen molar-refractivity contribution in [3.05, 3.63) is 47.5 Å². The molecule has 0 bridgehead atoms. The van der Waals surface area contributed by atoms with Gasteiger partial charge in [-0.25, -0.2) is 18.3 Å². The molecule has 1 amide bonds. The summed E-state index contributed by atoms with van der Waals surface area (Å²) in [6, 6.07) is 5.34. The number of alkyl halides is 4. The van der Waals surface area contributed by atoms with Crippen molar-refractivity contribution in [3.8, 4) is 11.5 Å². The highest BCUT2D eigenvalue weighted by Crippen LogP contribution is 2.35. The Labute approximate surface area is 186 Å². The standard InChI is InChI=1S/C21H21F4N5O3/c1-11-5-6-29(19(31)12-3-4-16(32-2)17(7-12)33-20(24)25)9-13(11)15-8-14(18(22)23)28-21-26-10-27-30(15)21/h3-4,7-8,10-11,13,18,20H,5-6,9H2,1-2H3/t11-,13-/m1/s1. The van der Waals surface area contributed by atoms with Crippen LogP contribution in [0, 0.1) is 5.92 Å². The van der Waals surface area contributed by atoms with Gasteiger partial charge in [-0.05, 0) is 36.6 Å². The Kier molecular flexibility index (Phi) is 6.34. The third kappa shape index (κ3) is 4.55. The Morgan fingerprint density at radius 1 is 1.18 bits per heavy atom. The first-order chi connectivity index (χ1) is 15.8. The first-order valence-electron chi connectivity index (χ1n) is 10.2. The van der Waals surface area contributed by atoms with Gasteiger partial charge in [0.1, 0.15) is 12.0 Å². The van der Waals surface area contributed by atoms with Crippen molar-refractivity contribution in [2.45, 2.75) is 32.3 Å². The molecular weight excluding hydrogens is 446 g/mol. The van der Waals surface area contributed by atoms with Gasteiger partial charge in [0.2, 0.25) is 0 Å². The first kappa shape index (κ1) is 22.7. The third-order valence-electron chi connectivity index (χ3n) is 5.77. The number of halogens is 4. The molecule has 1 aromatic carbocycles. The first-order valence-corrected chi connectivity index (χ1v) is 10.2. The van der Waals surface area contributed by atoms with Crippen molar-refractivity contribution < 1.29 is 31.8 Å². The lowest BCUT2D eigenvalue weighted by Crippen LogP contribution is -2.42. The van der Waals surface area contributed by atoms with Gasteiger partial charge >= 0.3 is 6.61 Å². The van der Waals surface area contributed by atoms with E-state index in [0.29, 0.717) is 18.7 Å².